The van der Waals surface area contributed by atoms with Gasteiger partial charge < -0.3 is 16.0 Å². The van der Waals surface area contributed by atoms with Crippen molar-refractivity contribution in [3.05, 3.63) is 29.8 Å². The van der Waals surface area contributed by atoms with Crippen LogP contribution in [-0.4, -0.2) is 30.4 Å². The number of amides is 2. The van der Waals surface area contributed by atoms with E-state index in [1.54, 1.807) is 13.8 Å². The second-order valence-corrected chi connectivity index (χ2v) is 5.56. The Kier molecular flexibility index (Phi) is 4.75. The zero-order valence-electron chi connectivity index (χ0n) is 12.5. The minimum atomic E-state index is -0.802. The van der Waals surface area contributed by atoms with Crippen LogP contribution in [0.5, 0.6) is 0 Å². The maximum atomic E-state index is 13.8. The highest BCUT2D eigenvalue weighted by atomic mass is 19.1. The summed E-state index contributed by atoms with van der Waals surface area (Å²) in [5.74, 6) is -2.92. The Morgan fingerprint density at radius 3 is 2.50 bits per heavy atom. The van der Waals surface area contributed by atoms with E-state index in [0.29, 0.717) is 6.42 Å². The molecule has 0 spiro atoms. The second kappa shape index (κ2) is 6.39. The first-order valence-electron chi connectivity index (χ1n) is 7.14. The average Bonchev–Trinajstić information content (AvgIpc) is 2.79. The summed E-state index contributed by atoms with van der Waals surface area (Å²) in [7, 11) is 0. The number of nitrogens with two attached hydrogens (primary N) is 1. The standard InChI is InChI=1S/C15H19F2N3O2/c1-8(9(2)18)14(21)19-12-6-7-20(15(12)22)13-10(16)4-3-5-11(13)17/h3-5,8-9,12H,6-7,18H2,1-2H3,(H,19,21). The van der Waals surface area contributed by atoms with Crippen LogP contribution in [-0.2, 0) is 9.59 Å². The summed E-state index contributed by atoms with van der Waals surface area (Å²) in [4.78, 5) is 25.3. The second-order valence-electron chi connectivity index (χ2n) is 5.56. The number of halogens is 2. The molecule has 1 aliphatic rings. The number of anilines is 1. The molecule has 0 aliphatic carbocycles. The van der Waals surface area contributed by atoms with Crippen LogP contribution >= 0.6 is 0 Å². The van der Waals surface area contributed by atoms with E-state index in [2.05, 4.69) is 5.32 Å². The van der Waals surface area contributed by atoms with Crippen LogP contribution in [0, 0.1) is 17.6 Å². The molecular formula is C15H19F2N3O2. The Balaban J connectivity index is 2.12. The Morgan fingerprint density at radius 1 is 1.36 bits per heavy atom. The van der Waals surface area contributed by atoms with E-state index in [1.165, 1.54) is 6.07 Å². The lowest BCUT2D eigenvalue weighted by Crippen LogP contribution is -2.46. The summed E-state index contributed by atoms with van der Waals surface area (Å²) < 4.78 is 27.5. The fourth-order valence-electron chi connectivity index (χ4n) is 2.32. The van der Waals surface area contributed by atoms with Crippen LogP contribution < -0.4 is 16.0 Å². The third-order valence-electron chi connectivity index (χ3n) is 3.93. The van der Waals surface area contributed by atoms with Crippen molar-refractivity contribution in [1.82, 2.24) is 5.32 Å². The summed E-state index contributed by atoms with van der Waals surface area (Å²) in [6.07, 6.45) is 0.296. The number of hydrogen-bond donors (Lipinski definition) is 2. The highest BCUT2D eigenvalue weighted by Gasteiger charge is 2.36. The molecule has 7 heteroatoms. The van der Waals surface area contributed by atoms with Crippen LogP contribution in [0.1, 0.15) is 20.3 Å². The van der Waals surface area contributed by atoms with Gasteiger partial charge in [-0.2, -0.15) is 0 Å². The van der Waals surface area contributed by atoms with Crippen LogP contribution in [0.25, 0.3) is 0 Å². The number of carbonyl (C=O) groups is 2. The van der Waals surface area contributed by atoms with Crippen molar-refractivity contribution in [2.75, 3.05) is 11.4 Å². The van der Waals surface area contributed by atoms with E-state index in [1.807, 2.05) is 0 Å². The number of hydrogen-bond acceptors (Lipinski definition) is 3. The number of carbonyl (C=O) groups excluding carboxylic acids is 2. The number of benzene rings is 1. The molecule has 22 heavy (non-hydrogen) atoms. The van der Waals surface area contributed by atoms with E-state index < -0.39 is 29.5 Å². The molecule has 1 saturated heterocycles. The average molecular weight is 311 g/mol. The molecule has 2 amide bonds. The van der Waals surface area contributed by atoms with Gasteiger partial charge in [-0.25, -0.2) is 8.78 Å². The van der Waals surface area contributed by atoms with Gasteiger partial charge in [-0.05, 0) is 25.5 Å². The molecule has 0 saturated carbocycles. The SMILES string of the molecule is CC(N)C(C)C(=O)NC1CCN(c2c(F)cccc2F)C1=O. The first kappa shape index (κ1) is 16.4. The molecule has 1 aromatic carbocycles. The predicted octanol–water partition coefficient (Wildman–Crippen LogP) is 1.17. The maximum absolute atomic E-state index is 13.8. The van der Waals surface area contributed by atoms with Crippen molar-refractivity contribution in [2.45, 2.75) is 32.4 Å². The van der Waals surface area contributed by atoms with Crippen molar-refractivity contribution >= 4 is 17.5 Å². The van der Waals surface area contributed by atoms with Gasteiger partial charge in [0.15, 0.2) is 0 Å². The topological polar surface area (TPSA) is 75.4 Å². The monoisotopic (exact) mass is 311 g/mol. The number of nitrogens with one attached hydrogen (secondary N) is 1. The summed E-state index contributed by atoms with van der Waals surface area (Å²) in [6.45, 7) is 3.50. The maximum Gasteiger partial charge on any atom is 0.249 e. The van der Waals surface area contributed by atoms with Crippen LogP contribution in [0.2, 0.25) is 0 Å². The van der Waals surface area contributed by atoms with Crippen LogP contribution in [0.15, 0.2) is 18.2 Å². The molecule has 120 valence electrons. The van der Waals surface area contributed by atoms with Gasteiger partial charge >= 0.3 is 0 Å². The highest BCUT2D eigenvalue weighted by molar-refractivity contribution is 6.01. The van der Waals surface area contributed by atoms with Gasteiger partial charge in [0.05, 0.1) is 0 Å². The van der Waals surface area contributed by atoms with Gasteiger partial charge in [-0.3, -0.25) is 9.59 Å². The van der Waals surface area contributed by atoms with E-state index >= 15 is 0 Å². The van der Waals surface area contributed by atoms with Crippen molar-refractivity contribution in [3.63, 3.8) is 0 Å². The largest absolute Gasteiger partial charge is 0.344 e. The summed E-state index contributed by atoms with van der Waals surface area (Å²) in [5.41, 5.74) is 5.28. The fraction of sp³-hybridized carbons (Fsp3) is 0.467. The molecule has 3 atom stereocenters. The number of rotatable bonds is 4. The molecular weight excluding hydrogens is 292 g/mol. The Bertz CT molecular complexity index is 572. The molecule has 1 heterocycles. The van der Waals surface area contributed by atoms with Crippen molar-refractivity contribution in [3.8, 4) is 0 Å². The molecule has 0 bridgehead atoms. The Morgan fingerprint density at radius 2 is 1.95 bits per heavy atom. The third-order valence-corrected chi connectivity index (χ3v) is 3.93. The van der Waals surface area contributed by atoms with Crippen LogP contribution in [0.3, 0.4) is 0 Å². The minimum absolute atomic E-state index is 0.147. The van der Waals surface area contributed by atoms with Gasteiger partial charge in [0, 0.05) is 18.5 Å². The number of para-hydroxylation sites is 1. The van der Waals surface area contributed by atoms with Gasteiger partial charge in [0.1, 0.15) is 23.4 Å². The summed E-state index contributed by atoms with van der Waals surface area (Å²) in [5, 5.41) is 2.59. The summed E-state index contributed by atoms with van der Waals surface area (Å²) >= 11 is 0. The predicted molar refractivity (Wildman–Crippen MR) is 78.1 cm³/mol. The molecule has 0 aromatic heterocycles. The molecule has 2 rings (SSSR count). The molecule has 1 aliphatic heterocycles. The van der Waals surface area contributed by atoms with Crippen molar-refractivity contribution in [1.29, 1.82) is 0 Å². The molecule has 1 aromatic rings. The normalized spacial score (nSPS) is 20.9. The molecule has 5 nitrogen and oxygen atoms in total. The van der Waals surface area contributed by atoms with Crippen LogP contribution in [0.4, 0.5) is 14.5 Å². The van der Waals surface area contributed by atoms with E-state index in [0.717, 1.165) is 17.0 Å². The quantitative estimate of drug-likeness (QED) is 0.876. The van der Waals surface area contributed by atoms with Gasteiger partial charge in [-0.15, -0.1) is 0 Å². The fourth-order valence-corrected chi connectivity index (χ4v) is 2.32. The molecule has 1 fully saturated rings. The zero-order valence-corrected chi connectivity index (χ0v) is 12.5. The molecule has 0 radical (unpaired) electrons. The van der Waals surface area contributed by atoms with E-state index in [4.69, 9.17) is 5.73 Å². The van der Waals surface area contributed by atoms with Gasteiger partial charge in [-0.1, -0.05) is 13.0 Å². The highest BCUT2D eigenvalue weighted by Crippen LogP contribution is 2.27. The van der Waals surface area contributed by atoms with E-state index in [-0.39, 0.29) is 24.2 Å². The lowest BCUT2D eigenvalue weighted by Gasteiger charge is -2.20. The first-order valence-corrected chi connectivity index (χ1v) is 7.14. The van der Waals surface area contributed by atoms with Crippen molar-refractivity contribution in [2.24, 2.45) is 11.7 Å². The van der Waals surface area contributed by atoms with Gasteiger partial charge in [0.25, 0.3) is 0 Å². The summed E-state index contributed by atoms with van der Waals surface area (Å²) in [6, 6.07) is 2.29. The van der Waals surface area contributed by atoms with Crippen molar-refractivity contribution < 1.29 is 18.4 Å². The number of nitrogens with zero attached hydrogens (tertiary/aromatic N) is 1. The van der Waals surface area contributed by atoms with E-state index in [9.17, 15) is 18.4 Å². The lowest BCUT2D eigenvalue weighted by atomic mass is 10.0. The first-order chi connectivity index (χ1) is 10.3. The van der Waals surface area contributed by atoms with Gasteiger partial charge in [0.2, 0.25) is 11.8 Å². The zero-order chi connectivity index (χ0) is 16.4. The Labute approximate surface area is 127 Å². The minimum Gasteiger partial charge on any atom is -0.344 e. The smallest absolute Gasteiger partial charge is 0.249 e. The molecule has 3 unspecified atom stereocenters. The Hall–Kier alpha value is -2.02. The molecule has 3 N–H and O–H groups in total. The lowest BCUT2D eigenvalue weighted by molar-refractivity contribution is -0.129. The third kappa shape index (κ3) is 3.09.